The molecule has 5 heteroatoms. The number of aromatic nitrogens is 1. The first kappa shape index (κ1) is 16.7. The molecule has 0 amide bonds. The largest absolute Gasteiger partial charge is 0.474 e. The van der Waals surface area contributed by atoms with Crippen LogP contribution in [0.1, 0.15) is 44.6 Å². The third-order valence-electron chi connectivity index (χ3n) is 4.41. The Morgan fingerprint density at radius 1 is 0.958 bits per heavy atom. The van der Waals surface area contributed by atoms with Crippen LogP contribution in [0.2, 0.25) is 0 Å². The van der Waals surface area contributed by atoms with Crippen LogP contribution in [-0.2, 0) is 9.47 Å². The maximum absolute atomic E-state index is 5.76. The highest BCUT2D eigenvalue weighted by Crippen LogP contribution is 2.21. The molecule has 0 radical (unpaired) electrons. The SMILES string of the molecule is C=Cc1cc(C2=N[C@@H](C(C)C)CO2)nc(C2=N[C@@H](C(C)C)CO2)c1. The average molecular weight is 327 g/mol. The van der Waals surface area contributed by atoms with Crippen LogP contribution in [0, 0.1) is 11.8 Å². The minimum atomic E-state index is 0.183. The molecule has 0 unspecified atom stereocenters. The summed E-state index contributed by atoms with van der Waals surface area (Å²) in [6, 6.07) is 4.24. The molecule has 1 aromatic rings. The molecule has 0 saturated heterocycles. The molecule has 0 saturated carbocycles. The first-order valence-electron chi connectivity index (χ1n) is 8.54. The van der Waals surface area contributed by atoms with E-state index in [4.69, 9.17) is 9.47 Å². The van der Waals surface area contributed by atoms with E-state index < -0.39 is 0 Å². The molecule has 5 nitrogen and oxygen atoms in total. The van der Waals surface area contributed by atoms with Crippen LogP contribution in [0.25, 0.3) is 6.08 Å². The summed E-state index contributed by atoms with van der Waals surface area (Å²) < 4.78 is 11.5. The maximum atomic E-state index is 5.76. The minimum Gasteiger partial charge on any atom is -0.474 e. The molecule has 24 heavy (non-hydrogen) atoms. The fraction of sp³-hybridized carbons (Fsp3) is 0.526. The van der Waals surface area contributed by atoms with Crippen LogP contribution in [0.5, 0.6) is 0 Å². The van der Waals surface area contributed by atoms with Crippen molar-refractivity contribution in [1.82, 2.24) is 4.98 Å². The van der Waals surface area contributed by atoms with E-state index in [9.17, 15) is 0 Å². The second kappa shape index (κ2) is 6.75. The van der Waals surface area contributed by atoms with Gasteiger partial charge in [0.2, 0.25) is 11.8 Å². The van der Waals surface area contributed by atoms with E-state index >= 15 is 0 Å². The van der Waals surface area contributed by atoms with Gasteiger partial charge in [-0.05, 0) is 29.5 Å². The van der Waals surface area contributed by atoms with Crippen molar-refractivity contribution >= 4 is 17.9 Å². The molecule has 0 aliphatic carbocycles. The third kappa shape index (κ3) is 3.35. The number of pyridine rings is 1. The van der Waals surface area contributed by atoms with Crippen LogP contribution in [0.15, 0.2) is 28.7 Å². The fourth-order valence-corrected chi connectivity index (χ4v) is 2.63. The van der Waals surface area contributed by atoms with E-state index in [2.05, 4.69) is 49.2 Å². The van der Waals surface area contributed by atoms with Crippen LogP contribution >= 0.6 is 0 Å². The number of hydrogen-bond acceptors (Lipinski definition) is 5. The van der Waals surface area contributed by atoms with Gasteiger partial charge in [-0.2, -0.15) is 0 Å². The molecule has 0 fully saturated rings. The Morgan fingerprint density at radius 3 is 1.75 bits per heavy atom. The van der Waals surface area contributed by atoms with Gasteiger partial charge in [-0.1, -0.05) is 40.3 Å². The summed E-state index contributed by atoms with van der Waals surface area (Å²) in [5, 5.41) is 0. The first-order chi connectivity index (χ1) is 11.5. The molecule has 0 bridgehead atoms. The molecule has 2 aliphatic rings. The van der Waals surface area contributed by atoms with E-state index in [0.717, 1.165) is 5.56 Å². The zero-order valence-electron chi connectivity index (χ0n) is 14.8. The van der Waals surface area contributed by atoms with Crippen molar-refractivity contribution in [3.63, 3.8) is 0 Å². The molecule has 2 aliphatic heterocycles. The molecule has 0 aromatic carbocycles. The average Bonchev–Trinajstić information content (AvgIpc) is 3.23. The first-order valence-corrected chi connectivity index (χ1v) is 8.54. The lowest BCUT2D eigenvalue weighted by Crippen LogP contribution is -2.13. The second-order valence-electron chi connectivity index (χ2n) is 6.99. The van der Waals surface area contributed by atoms with Crippen molar-refractivity contribution in [2.24, 2.45) is 21.8 Å². The molecule has 128 valence electrons. The third-order valence-corrected chi connectivity index (χ3v) is 4.41. The van der Waals surface area contributed by atoms with Gasteiger partial charge in [0.25, 0.3) is 0 Å². The molecule has 2 atom stereocenters. The summed E-state index contributed by atoms with van der Waals surface area (Å²) in [5.41, 5.74) is 2.38. The Bertz CT molecular complexity index is 640. The van der Waals surface area contributed by atoms with E-state index in [1.54, 1.807) is 6.08 Å². The van der Waals surface area contributed by atoms with Gasteiger partial charge in [0, 0.05) is 0 Å². The van der Waals surface area contributed by atoms with E-state index in [1.165, 1.54) is 0 Å². The normalized spacial score (nSPS) is 23.1. The Hall–Kier alpha value is -2.17. The van der Waals surface area contributed by atoms with Gasteiger partial charge >= 0.3 is 0 Å². The lowest BCUT2D eigenvalue weighted by molar-refractivity contribution is 0.290. The molecule has 3 rings (SSSR count). The fourth-order valence-electron chi connectivity index (χ4n) is 2.63. The minimum absolute atomic E-state index is 0.183. The number of nitrogens with zero attached hydrogens (tertiary/aromatic N) is 3. The highest BCUT2D eigenvalue weighted by atomic mass is 16.5. The number of aliphatic imine (C=N–C) groups is 2. The number of ether oxygens (including phenoxy) is 2. The summed E-state index contributed by atoms with van der Waals surface area (Å²) in [6.07, 6.45) is 1.79. The summed E-state index contributed by atoms with van der Waals surface area (Å²) in [6.45, 7) is 13.7. The standard InChI is InChI=1S/C19H25N3O2/c1-6-13-7-14(18-21-16(9-23-18)11(2)3)20-15(8-13)19-22-17(10-24-19)12(4)5/h6-8,11-12,16-17H,1,9-10H2,2-5H3/t16-,17-/m1/s1. The van der Waals surface area contributed by atoms with Crippen molar-refractivity contribution in [1.29, 1.82) is 0 Å². The lowest BCUT2D eigenvalue weighted by Gasteiger charge is -2.07. The molecule has 1 aromatic heterocycles. The van der Waals surface area contributed by atoms with Gasteiger partial charge < -0.3 is 9.47 Å². The van der Waals surface area contributed by atoms with E-state index in [0.29, 0.717) is 48.2 Å². The summed E-state index contributed by atoms with van der Waals surface area (Å²) in [5.74, 6) is 2.08. The number of hydrogen-bond donors (Lipinski definition) is 0. The monoisotopic (exact) mass is 327 g/mol. The van der Waals surface area contributed by atoms with Crippen LogP contribution in [-0.4, -0.2) is 42.1 Å². The summed E-state index contributed by atoms with van der Waals surface area (Å²) in [4.78, 5) is 14.0. The van der Waals surface area contributed by atoms with E-state index in [-0.39, 0.29) is 12.1 Å². The molecule has 3 heterocycles. The van der Waals surface area contributed by atoms with Crippen molar-refractivity contribution in [3.05, 3.63) is 35.7 Å². The van der Waals surface area contributed by atoms with Gasteiger partial charge in [-0.3, -0.25) is 0 Å². The van der Waals surface area contributed by atoms with Gasteiger partial charge in [0.05, 0.1) is 12.1 Å². The quantitative estimate of drug-likeness (QED) is 0.833. The highest BCUT2D eigenvalue weighted by molar-refractivity contribution is 5.98. The zero-order chi connectivity index (χ0) is 17.3. The molecular formula is C19H25N3O2. The smallest absolute Gasteiger partial charge is 0.235 e. The predicted octanol–water partition coefficient (Wildman–Crippen LogP) is 3.33. The van der Waals surface area contributed by atoms with Gasteiger partial charge in [0.15, 0.2) is 0 Å². The highest BCUT2D eigenvalue weighted by Gasteiger charge is 2.27. The van der Waals surface area contributed by atoms with Crippen LogP contribution in [0.4, 0.5) is 0 Å². The second-order valence-corrected chi connectivity index (χ2v) is 6.99. The van der Waals surface area contributed by atoms with Gasteiger partial charge in [-0.15, -0.1) is 0 Å². The molecule has 0 N–H and O–H groups in total. The van der Waals surface area contributed by atoms with Gasteiger partial charge in [0.1, 0.15) is 24.6 Å². The Kier molecular flexibility index (Phi) is 4.69. The van der Waals surface area contributed by atoms with Crippen molar-refractivity contribution in [3.8, 4) is 0 Å². The maximum Gasteiger partial charge on any atom is 0.235 e. The number of rotatable bonds is 5. The van der Waals surface area contributed by atoms with Crippen molar-refractivity contribution in [2.75, 3.05) is 13.2 Å². The summed E-state index contributed by atoms with van der Waals surface area (Å²) >= 11 is 0. The predicted molar refractivity (Wildman–Crippen MR) is 96.6 cm³/mol. The Balaban J connectivity index is 1.94. The van der Waals surface area contributed by atoms with Crippen LogP contribution in [0.3, 0.4) is 0 Å². The van der Waals surface area contributed by atoms with Crippen LogP contribution < -0.4 is 0 Å². The lowest BCUT2D eigenvalue weighted by atomic mass is 10.1. The van der Waals surface area contributed by atoms with E-state index in [1.807, 2.05) is 12.1 Å². The van der Waals surface area contributed by atoms with Crippen molar-refractivity contribution < 1.29 is 9.47 Å². The Labute approximate surface area is 143 Å². The summed E-state index contributed by atoms with van der Waals surface area (Å²) in [7, 11) is 0. The zero-order valence-corrected chi connectivity index (χ0v) is 14.8. The van der Waals surface area contributed by atoms with Gasteiger partial charge in [-0.25, -0.2) is 15.0 Å². The molecular weight excluding hydrogens is 302 g/mol. The van der Waals surface area contributed by atoms with Crippen molar-refractivity contribution in [2.45, 2.75) is 39.8 Å². The topological polar surface area (TPSA) is 56.1 Å². The molecule has 0 spiro atoms. The Morgan fingerprint density at radius 2 is 1.42 bits per heavy atom.